The molecule has 0 saturated carbocycles. The minimum absolute atomic E-state index is 0.410. The molecule has 0 aliphatic rings. The molecule has 4 nitrogen and oxygen atoms in total. The molecule has 0 aliphatic carbocycles. The smallest absolute Gasteiger partial charge is 0.248 e. The van der Waals surface area contributed by atoms with Gasteiger partial charge in [-0.2, -0.15) is 0 Å². The van der Waals surface area contributed by atoms with Crippen LogP contribution >= 0.6 is 0 Å². The number of likely N-dealkylation sites (N-methyl/N-ethyl adjacent to an activating group) is 1. The minimum atomic E-state index is -0.410. The number of ether oxygens (including phenoxy) is 1. The van der Waals surface area contributed by atoms with Gasteiger partial charge in [0.25, 0.3) is 0 Å². The highest BCUT2D eigenvalue weighted by Crippen LogP contribution is 2.05. The molecule has 0 atom stereocenters. The lowest BCUT2D eigenvalue weighted by Crippen LogP contribution is -2.14. The Labute approximate surface area is 89.4 Å². The summed E-state index contributed by atoms with van der Waals surface area (Å²) >= 11 is 0. The molecule has 0 saturated heterocycles. The lowest BCUT2D eigenvalue weighted by molar-refractivity contribution is 0.0999. The second-order valence-electron chi connectivity index (χ2n) is 3.22. The van der Waals surface area contributed by atoms with E-state index in [1.54, 1.807) is 18.2 Å². The summed E-state index contributed by atoms with van der Waals surface area (Å²) in [7, 11) is 1.87. The summed E-state index contributed by atoms with van der Waals surface area (Å²) in [5.41, 5.74) is 6.65. The third-order valence-corrected chi connectivity index (χ3v) is 1.98. The van der Waals surface area contributed by atoms with Crippen LogP contribution < -0.4 is 11.1 Å². The molecule has 0 unspecified atom stereocenters. The van der Waals surface area contributed by atoms with E-state index in [1.807, 2.05) is 13.1 Å². The van der Waals surface area contributed by atoms with E-state index >= 15 is 0 Å². The van der Waals surface area contributed by atoms with E-state index < -0.39 is 5.91 Å². The molecule has 0 radical (unpaired) electrons. The number of benzene rings is 1. The summed E-state index contributed by atoms with van der Waals surface area (Å²) in [6, 6.07) is 7.16. The Bertz CT molecular complexity index is 326. The quantitative estimate of drug-likeness (QED) is 0.670. The van der Waals surface area contributed by atoms with Crippen molar-refractivity contribution in [3.8, 4) is 0 Å². The molecule has 1 rings (SSSR count). The average molecular weight is 208 g/mol. The Morgan fingerprint density at radius 3 is 3.00 bits per heavy atom. The zero-order valence-corrected chi connectivity index (χ0v) is 8.82. The zero-order valence-electron chi connectivity index (χ0n) is 8.82. The van der Waals surface area contributed by atoms with Crippen LogP contribution in [0.1, 0.15) is 15.9 Å². The lowest BCUT2D eigenvalue weighted by Gasteiger charge is -2.04. The first-order chi connectivity index (χ1) is 7.24. The van der Waals surface area contributed by atoms with Crippen molar-refractivity contribution in [3.05, 3.63) is 35.4 Å². The third kappa shape index (κ3) is 4.10. The highest BCUT2D eigenvalue weighted by atomic mass is 16.5. The van der Waals surface area contributed by atoms with Crippen LogP contribution in [0.4, 0.5) is 0 Å². The molecule has 82 valence electrons. The Morgan fingerprint density at radius 2 is 2.33 bits per heavy atom. The summed E-state index contributed by atoms with van der Waals surface area (Å²) < 4.78 is 5.38. The molecule has 1 aromatic rings. The largest absolute Gasteiger partial charge is 0.375 e. The Balaban J connectivity index is 2.47. The number of rotatable bonds is 6. The van der Waals surface area contributed by atoms with Crippen molar-refractivity contribution in [1.29, 1.82) is 0 Å². The second-order valence-corrected chi connectivity index (χ2v) is 3.22. The summed E-state index contributed by atoms with van der Waals surface area (Å²) in [4.78, 5) is 10.9. The number of hydrogen-bond acceptors (Lipinski definition) is 3. The fraction of sp³-hybridized carbons (Fsp3) is 0.364. The number of carbonyl (C=O) groups excluding carboxylic acids is 1. The van der Waals surface area contributed by atoms with E-state index in [0.29, 0.717) is 18.8 Å². The normalized spacial score (nSPS) is 10.2. The molecular weight excluding hydrogens is 192 g/mol. The second kappa shape index (κ2) is 6.16. The minimum Gasteiger partial charge on any atom is -0.375 e. The van der Waals surface area contributed by atoms with E-state index in [0.717, 1.165) is 12.1 Å². The summed E-state index contributed by atoms with van der Waals surface area (Å²) in [6.07, 6.45) is 0. The number of carbonyl (C=O) groups is 1. The highest BCUT2D eigenvalue weighted by Gasteiger charge is 2.00. The summed E-state index contributed by atoms with van der Waals surface area (Å²) in [6.45, 7) is 1.97. The Hall–Kier alpha value is -1.39. The van der Waals surface area contributed by atoms with Gasteiger partial charge in [0.05, 0.1) is 13.2 Å². The van der Waals surface area contributed by atoms with Crippen LogP contribution in [0.5, 0.6) is 0 Å². The van der Waals surface area contributed by atoms with Gasteiger partial charge in [0.1, 0.15) is 0 Å². The van der Waals surface area contributed by atoms with Crippen molar-refractivity contribution in [2.45, 2.75) is 6.61 Å². The van der Waals surface area contributed by atoms with Gasteiger partial charge in [-0.3, -0.25) is 4.79 Å². The van der Waals surface area contributed by atoms with E-state index in [2.05, 4.69) is 5.32 Å². The van der Waals surface area contributed by atoms with Gasteiger partial charge >= 0.3 is 0 Å². The third-order valence-electron chi connectivity index (χ3n) is 1.98. The maximum atomic E-state index is 10.9. The zero-order chi connectivity index (χ0) is 11.1. The number of nitrogens with one attached hydrogen (secondary N) is 1. The predicted octanol–water partition coefficient (Wildman–Crippen LogP) is 0.521. The topological polar surface area (TPSA) is 64.3 Å². The van der Waals surface area contributed by atoms with Crippen LogP contribution in [0.25, 0.3) is 0 Å². The fourth-order valence-electron chi connectivity index (χ4n) is 1.18. The van der Waals surface area contributed by atoms with Gasteiger partial charge in [-0.05, 0) is 24.7 Å². The van der Waals surface area contributed by atoms with Crippen LogP contribution in [0.15, 0.2) is 24.3 Å². The monoisotopic (exact) mass is 208 g/mol. The molecule has 0 aromatic heterocycles. The van der Waals surface area contributed by atoms with Gasteiger partial charge in [0.15, 0.2) is 0 Å². The summed E-state index contributed by atoms with van der Waals surface area (Å²) in [5, 5.41) is 2.98. The van der Waals surface area contributed by atoms with E-state index in [4.69, 9.17) is 10.5 Å². The molecule has 1 amide bonds. The maximum Gasteiger partial charge on any atom is 0.248 e. The first kappa shape index (κ1) is 11.7. The van der Waals surface area contributed by atoms with Crippen LogP contribution in [0.2, 0.25) is 0 Å². The number of amides is 1. The molecule has 15 heavy (non-hydrogen) atoms. The summed E-state index contributed by atoms with van der Waals surface area (Å²) in [5.74, 6) is -0.410. The standard InChI is InChI=1S/C11H16N2O2/c1-13-5-6-15-8-9-3-2-4-10(7-9)11(12)14/h2-4,7,13H,5-6,8H2,1H3,(H2,12,14). The van der Waals surface area contributed by atoms with Crippen LogP contribution in [-0.4, -0.2) is 26.1 Å². The van der Waals surface area contributed by atoms with E-state index in [-0.39, 0.29) is 0 Å². The number of hydrogen-bond donors (Lipinski definition) is 2. The van der Waals surface area contributed by atoms with Gasteiger partial charge in [-0.15, -0.1) is 0 Å². The maximum absolute atomic E-state index is 10.9. The SMILES string of the molecule is CNCCOCc1cccc(C(N)=O)c1. The molecule has 0 fully saturated rings. The Kier molecular flexibility index (Phi) is 4.80. The lowest BCUT2D eigenvalue weighted by atomic mass is 10.1. The van der Waals surface area contributed by atoms with Crippen molar-refractivity contribution in [2.75, 3.05) is 20.2 Å². The van der Waals surface area contributed by atoms with Crippen LogP contribution in [0.3, 0.4) is 0 Å². The first-order valence-corrected chi connectivity index (χ1v) is 4.85. The van der Waals surface area contributed by atoms with Crippen molar-refractivity contribution in [2.24, 2.45) is 5.73 Å². The van der Waals surface area contributed by atoms with Crippen LogP contribution in [-0.2, 0) is 11.3 Å². The number of nitrogens with two attached hydrogens (primary N) is 1. The van der Waals surface area contributed by atoms with Gasteiger partial charge < -0.3 is 15.8 Å². The molecule has 4 heteroatoms. The van der Waals surface area contributed by atoms with Crippen molar-refractivity contribution >= 4 is 5.91 Å². The van der Waals surface area contributed by atoms with Crippen molar-refractivity contribution in [1.82, 2.24) is 5.32 Å². The van der Waals surface area contributed by atoms with E-state index in [9.17, 15) is 4.79 Å². The van der Waals surface area contributed by atoms with Crippen LogP contribution in [0, 0.1) is 0 Å². The van der Waals surface area contributed by atoms with Gasteiger partial charge in [-0.25, -0.2) is 0 Å². The first-order valence-electron chi connectivity index (χ1n) is 4.85. The Morgan fingerprint density at radius 1 is 1.53 bits per heavy atom. The molecule has 1 aromatic carbocycles. The molecular formula is C11H16N2O2. The predicted molar refractivity (Wildman–Crippen MR) is 58.5 cm³/mol. The molecule has 0 heterocycles. The van der Waals surface area contributed by atoms with Gasteiger partial charge in [-0.1, -0.05) is 12.1 Å². The molecule has 0 spiro atoms. The van der Waals surface area contributed by atoms with Gasteiger partial charge in [0, 0.05) is 12.1 Å². The van der Waals surface area contributed by atoms with Crippen molar-refractivity contribution in [3.63, 3.8) is 0 Å². The molecule has 0 aliphatic heterocycles. The van der Waals surface area contributed by atoms with E-state index in [1.165, 1.54) is 0 Å². The molecule has 3 N–H and O–H groups in total. The highest BCUT2D eigenvalue weighted by molar-refractivity contribution is 5.92. The number of primary amides is 1. The average Bonchev–Trinajstić information content (AvgIpc) is 2.25. The molecule has 0 bridgehead atoms. The van der Waals surface area contributed by atoms with Crippen molar-refractivity contribution < 1.29 is 9.53 Å². The van der Waals surface area contributed by atoms with Gasteiger partial charge in [0.2, 0.25) is 5.91 Å². The fourth-order valence-corrected chi connectivity index (χ4v) is 1.18.